The summed E-state index contributed by atoms with van der Waals surface area (Å²) in [7, 11) is 0. The van der Waals surface area contributed by atoms with E-state index in [1.54, 1.807) is 41.5 Å². The Labute approximate surface area is 164 Å². The average Bonchev–Trinajstić information content (AvgIpc) is 2.56. The van der Waals surface area contributed by atoms with E-state index >= 15 is 0 Å². The molecule has 0 N–H and O–H groups in total. The first-order valence-electron chi connectivity index (χ1n) is 8.96. The van der Waals surface area contributed by atoms with Crippen LogP contribution in [0.2, 0.25) is 0 Å². The Bertz CT molecular complexity index is 566. The van der Waals surface area contributed by atoms with E-state index in [4.69, 9.17) is 0 Å². The Morgan fingerprint density at radius 1 is 0.793 bits per heavy atom. The molecule has 0 aliphatic carbocycles. The summed E-state index contributed by atoms with van der Waals surface area (Å²) in [5.41, 5.74) is -1.29. The van der Waals surface area contributed by atoms with Crippen molar-refractivity contribution >= 4 is 5.97 Å². The first kappa shape index (κ1) is 27.8. The lowest BCUT2D eigenvalue weighted by molar-refractivity contribution is -0.399. The van der Waals surface area contributed by atoms with Crippen molar-refractivity contribution in [3.8, 4) is 0 Å². The highest BCUT2D eigenvalue weighted by molar-refractivity contribution is 5.73. The van der Waals surface area contributed by atoms with Gasteiger partial charge in [-0.2, -0.15) is 39.5 Å². The normalized spacial score (nSPS) is 16.0. The molecule has 29 heavy (non-hydrogen) atoms. The highest BCUT2D eigenvalue weighted by Crippen LogP contribution is 2.53. The van der Waals surface area contributed by atoms with E-state index in [1.807, 2.05) is 0 Å². The summed E-state index contributed by atoms with van der Waals surface area (Å²) in [5.74, 6) is -22.2. The third-order valence-electron chi connectivity index (χ3n) is 5.46. The van der Waals surface area contributed by atoms with Crippen LogP contribution in [0, 0.1) is 16.7 Å². The lowest BCUT2D eigenvalue weighted by Crippen LogP contribution is -2.62. The second-order valence-corrected chi connectivity index (χ2v) is 8.58. The van der Waals surface area contributed by atoms with Crippen molar-refractivity contribution in [2.45, 2.75) is 84.7 Å². The molecule has 0 spiro atoms. The molecule has 2 nitrogen and oxygen atoms in total. The van der Waals surface area contributed by atoms with Gasteiger partial charge in [-0.15, -0.1) is 0 Å². The van der Waals surface area contributed by atoms with Crippen LogP contribution in [0.3, 0.4) is 0 Å². The summed E-state index contributed by atoms with van der Waals surface area (Å²) < 4.78 is 120. The van der Waals surface area contributed by atoms with Gasteiger partial charge in [-0.05, 0) is 17.3 Å². The van der Waals surface area contributed by atoms with Crippen LogP contribution in [-0.4, -0.2) is 36.5 Å². The molecule has 0 aromatic heterocycles. The first-order valence-corrected chi connectivity index (χ1v) is 8.96. The van der Waals surface area contributed by atoms with E-state index in [-0.39, 0.29) is 6.42 Å². The maximum absolute atomic E-state index is 13.6. The van der Waals surface area contributed by atoms with Crippen LogP contribution >= 0.6 is 0 Å². The van der Waals surface area contributed by atoms with Crippen LogP contribution < -0.4 is 0 Å². The molecule has 0 rings (SSSR count). The lowest BCUT2D eigenvalue weighted by Gasteiger charge is -2.38. The van der Waals surface area contributed by atoms with E-state index in [0.717, 1.165) is 0 Å². The number of halogens is 9. The lowest BCUT2D eigenvalue weighted by atomic mass is 9.68. The number of hydrogen-bond acceptors (Lipinski definition) is 2. The number of ether oxygens (including phenoxy) is 1. The Balaban J connectivity index is 5.65. The zero-order chi connectivity index (χ0) is 23.7. The van der Waals surface area contributed by atoms with Gasteiger partial charge in [0.1, 0.15) is 0 Å². The Morgan fingerprint density at radius 3 is 1.59 bits per heavy atom. The molecule has 0 fully saturated rings. The molecule has 0 aliphatic rings. The number of rotatable bonds is 10. The summed E-state index contributed by atoms with van der Waals surface area (Å²) in [4.78, 5) is 12.4. The Morgan fingerprint density at radius 2 is 1.24 bits per heavy atom. The second kappa shape index (κ2) is 8.53. The molecule has 0 radical (unpaired) electrons. The molecule has 0 aliphatic heterocycles. The van der Waals surface area contributed by atoms with Crippen molar-refractivity contribution in [1.82, 2.24) is 0 Å². The first-order chi connectivity index (χ1) is 12.6. The number of esters is 1. The molecule has 11 heteroatoms. The van der Waals surface area contributed by atoms with Crippen LogP contribution in [0.1, 0.15) is 60.8 Å². The fourth-order valence-corrected chi connectivity index (χ4v) is 2.38. The minimum absolute atomic E-state index is 0.115. The molecule has 174 valence electrons. The van der Waals surface area contributed by atoms with Crippen LogP contribution in [-0.2, 0) is 9.53 Å². The maximum Gasteiger partial charge on any atom is 0.460 e. The van der Waals surface area contributed by atoms with Gasteiger partial charge in [0.05, 0.1) is 5.92 Å². The minimum atomic E-state index is -7.01. The van der Waals surface area contributed by atoms with Gasteiger partial charge in [-0.1, -0.05) is 54.4 Å². The molecule has 0 saturated heterocycles. The number of carbonyl (C=O) groups is 1. The molecule has 0 saturated carbocycles. The summed E-state index contributed by atoms with van der Waals surface area (Å²) in [6.45, 7) is 7.64. The van der Waals surface area contributed by atoms with Gasteiger partial charge in [0.25, 0.3) is 0 Å². The molecule has 0 amide bonds. The third kappa shape index (κ3) is 5.93. The second-order valence-electron chi connectivity index (χ2n) is 8.58. The van der Waals surface area contributed by atoms with E-state index in [2.05, 4.69) is 4.74 Å². The molecular formula is C18H27F9O2. The highest BCUT2D eigenvalue weighted by Gasteiger charge is 2.82. The van der Waals surface area contributed by atoms with Gasteiger partial charge >= 0.3 is 29.9 Å². The van der Waals surface area contributed by atoms with E-state index < -0.39 is 53.3 Å². The summed E-state index contributed by atoms with van der Waals surface area (Å²) >= 11 is 0. The van der Waals surface area contributed by atoms with Crippen molar-refractivity contribution < 1.29 is 49.0 Å². The van der Waals surface area contributed by atoms with Crippen molar-refractivity contribution in [1.29, 1.82) is 0 Å². The van der Waals surface area contributed by atoms with E-state index in [1.165, 1.54) is 0 Å². The number of carbonyl (C=O) groups excluding carboxylic acids is 1. The quantitative estimate of drug-likeness (QED) is 0.270. The average molecular weight is 446 g/mol. The van der Waals surface area contributed by atoms with Gasteiger partial charge in [-0.3, -0.25) is 4.79 Å². The standard InChI is InChI=1S/C18H27F9O2/c1-7-13(3,4)9-11(14(5,6)8-2)12(28)29-10-15(19,20)16(21,22)17(23,24)18(25,26)27/h11H,7-10H2,1-6H3. The fraction of sp³-hybridized carbons (Fsp3) is 0.944. The smallest absolute Gasteiger partial charge is 0.459 e. The van der Waals surface area contributed by atoms with Crippen molar-refractivity contribution in [3.63, 3.8) is 0 Å². The van der Waals surface area contributed by atoms with Crippen LogP contribution in [0.5, 0.6) is 0 Å². The van der Waals surface area contributed by atoms with E-state index in [0.29, 0.717) is 12.8 Å². The zero-order valence-corrected chi connectivity index (χ0v) is 17.1. The fourth-order valence-electron chi connectivity index (χ4n) is 2.38. The van der Waals surface area contributed by atoms with Gasteiger partial charge in [0.15, 0.2) is 6.61 Å². The van der Waals surface area contributed by atoms with Gasteiger partial charge in [0, 0.05) is 0 Å². The molecule has 0 heterocycles. The van der Waals surface area contributed by atoms with Crippen LogP contribution in [0.4, 0.5) is 39.5 Å². The monoisotopic (exact) mass is 446 g/mol. The van der Waals surface area contributed by atoms with Crippen LogP contribution in [0.25, 0.3) is 0 Å². The predicted molar refractivity (Wildman–Crippen MR) is 88.1 cm³/mol. The molecular weight excluding hydrogens is 419 g/mol. The predicted octanol–water partition coefficient (Wildman–Crippen LogP) is 6.88. The van der Waals surface area contributed by atoms with Crippen molar-refractivity contribution in [3.05, 3.63) is 0 Å². The maximum atomic E-state index is 13.6. The highest BCUT2D eigenvalue weighted by atomic mass is 19.4. The summed E-state index contributed by atoms with van der Waals surface area (Å²) in [6.07, 6.45) is -5.86. The number of hydrogen-bond donors (Lipinski definition) is 0. The topological polar surface area (TPSA) is 26.3 Å². The Hall–Kier alpha value is -1.16. The van der Waals surface area contributed by atoms with Crippen molar-refractivity contribution in [2.24, 2.45) is 16.7 Å². The largest absolute Gasteiger partial charge is 0.460 e. The number of alkyl halides is 9. The molecule has 0 bridgehead atoms. The molecule has 1 atom stereocenters. The Kier molecular flexibility index (Phi) is 8.19. The van der Waals surface area contributed by atoms with Gasteiger partial charge < -0.3 is 4.74 Å². The molecule has 1 unspecified atom stereocenters. The zero-order valence-electron chi connectivity index (χ0n) is 17.1. The molecule has 0 aromatic rings. The summed E-state index contributed by atoms with van der Waals surface area (Å²) in [6, 6.07) is 0. The van der Waals surface area contributed by atoms with Crippen LogP contribution in [0.15, 0.2) is 0 Å². The van der Waals surface area contributed by atoms with Crippen molar-refractivity contribution in [2.75, 3.05) is 6.61 Å². The van der Waals surface area contributed by atoms with E-state index in [9.17, 15) is 44.3 Å². The van der Waals surface area contributed by atoms with Gasteiger partial charge in [-0.25, -0.2) is 0 Å². The third-order valence-corrected chi connectivity index (χ3v) is 5.46. The minimum Gasteiger partial charge on any atom is -0.459 e. The SMILES string of the molecule is CCC(C)(C)CC(C(=O)OCC(F)(F)C(F)(F)C(F)(F)C(F)(F)F)C(C)(C)CC. The molecule has 0 aromatic carbocycles. The van der Waals surface area contributed by atoms with Gasteiger partial charge in [0.2, 0.25) is 0 Å². The summed E-state index contributed by atoms with van der Waals surface area (Å²) in [5, 5.41) is 0.